The summed E-state index contributed by atoms with van der Waals surface area (Å²) in [4.78, 5) is 72.9. The smallest absolute Gasteiger partial charge is 0.330 e. The van der Waals surface area contributed by atoms with Crippen molar-refractivity contribution in [2.45, 2.75) is 91.6 Å². The van der Waals surface area contributed by atoms with Crippen LogP contribution < -0.4 is 10.9 Å². The van der Waals surface area contributed by atoms with Crippen LogP contribution in [-0.4, -0.2) is 51.7 Å². The molecule has 0 aliphatic heterocycles. The molecule has 0 unspecified atom stereocenters. The van der Waals surface area contributed by atoms with Crippen molar-refractivity contribution < 1.29 is 33.8 Å². The van der Waals surface area contributed by atoms with Crippen molar-refractivity contribution in [1.29, 1.82) is 0 Å². The molecular weight excluding hydrogens is 492 g/mol. The summed E-state index contributed by atoms with van der Waals surface area (Å²) in [5, 5.41) is 11.4. The SMILES string of the molecule is CCOC(=O)/C=C/CC[C@H](NC(=O)CCC(=O)O)C(=O)Cc1cccn(CC(=O)CCCC(C)(C)C)c1=O. The van der Waals surface area contributed by atoms with Crippen LogP contribution in [0.1, 0.15) is 78.2 Å². The molecule has 0 spiro atoms. The minimum absolute atomic E-state index is 0.0724. The normalized spacial score (nSPS) is 12.2. The summed E-state index contributed by atoms with van der Waals surface area (Å²) < 4.78 is 6.09. The molecule has 210 valence electrons. The number of Topliss-reactive ketones (excluding diaryl/α,β-unsaturated/α-hetero) is 2. The van der Waals surface area contributed by atoms with E-state index in [0.29, 0.717) is 6.42 Å². The first-order chi connectivity index (χ1) is 17.8. The summed E-state index contributed by atoms with van der Waals surface area (Å²) in [6.07, 6.45) is 5.66. The van der Waals surface area contributed by atoms with Gasteiger partial charge in [0, 0.05) is 37.1 Å². The van der Waals surface area contributed by atoms with Gasteiger partial charge < -0.3 is 19.7 Å². The highest BCUT2D eigenvalue weighted by Gasteiger charge is 2.22. The van der Waals surface area contributed by atoms with E-state index in [1.165, 1.54) is 29.0 Å². The predicted molar refractivity (Wildman–Crippen MR) is 142 cm³/mol. The second-order valence-electron chi connectivity index (χ2n) is 10.3. The number of hydrogen-bond acceptors (Lipinski definition) is 7. The predicted octanol–water partition coefficient (Wildman–Crippen LogP) is 2.99. The molecule has 10 nitrogen and oxygen atoms in total. The molecule has 0 saturated carbocycles. The van der Waals surface area contributed by atoms with E-state index in [4.69, 9.17) is 9.84 Å². The van der Waals surface area contributed by atoms with Gasteiger partial charge in [0.15, 0.2) is 11.6 Å². The van der Waals surface area contributed by atoms with Crippen molar-refractivity contribution in [2.24, 2.45) is 5.41 Å². The fraction of sp³-hybridized carbons (Fsp3) is 0.571. The Balaban J connectivity index is 2.91. The van der Waals surface area contributed by atoms with Gasteiger partial charge in [-0.2, -0.15) is 0 Å². The monoisotopic (exact) mass is 532 g/mol. The van der Waals surface area contributed by atoms with Gasteiger partial charge in [0.2, 0.25) is 5.91 Å². The third-order valence-electron chi connectivity index (χ3n) is 5.65. The van der Waals surface area contributed by atoms with Crippen molar-refractivity contribution in [2.75, 3.05) is 6.61 Å². The highest BCUT2D eigenvalue weighted by atomic mass is 16.5. The number of ether oxygens (including phenoxy) is 1. The number of aliphatic carboxylic acids is 1. The lowest BCUT2D eigenvalue weighted by molar-refractivity contribution is -0.139. The molecular formula is C28H40N2O8. The Morgan fingerprint density at radius 1 is 1.13 bits per heavy atom. The Morgan fingerprint density at radius 2 is 1.84 bits per heavy atom. The molecule has 1 aromatic rings. The van der Waals surface area contributed by atoms with Gasteiger partial charge >= 0.3 is 11.9 Å². The second-order valence-corrected chi connectivity index (χ2v) is 10.3. The van der Waals surface area contributed by atoms with E-state index < -0.39 is 35.2 Å². The number of aromatic nitrogens is 1. The van der Waals surface area contributed by atoms with Crippen molar-refractivity contribution in [3.8, 4) is 0 Å². The molecule has 0 aromatic carbocycles. The quantitative estimate of drug-likeness (QED) is 0.230. The number of pyridine rings is 1. The van der Waals surface area contributed by atoms with Crippen molar-refractivity contribution in [3.63, 3.8) is 0 Å². The summed E-state index contributed by atoms with van der Waals surface area (Å²) in [7, 11) is 0. The van der Waals surface area contributed by atoms with Gasteiger partial charge in [-0.3, -0.25) is 24.0 Å². The van der Waals surface area contributed by atoms with Crippen LogP contribution in [0.15, 0.2) is 35.3 Å². The molecule has 0 fully saturated rings. The number of carbonyl (C=O) groups excluding carboxylic acids is 4. The zero-order valence-electron chi connectivity index (χ0n) is 22.8. The average Bonchev–Trinajstić information content (AvgIpc) is 2.81. The Hall–Kier alpha value is -3.56. The van der Waals surface area contributed by atoms with Gasteiger partial charge in [0.1, 0.15) is 0 Å². The second kappa shape index (κ2) is 16.3. The molecule has 0 aliphatic rings. The van der Waals surface area contributed by atoms with Gasteiger partial charge in [-0.1, -0.05) is 32.9 Å². The minimum Gasteiger partial charge on any atom is -0.481 e. The zero-order valence-corrected chi connectivity index (χ0v) is 22.8. The van der Waals surface area contributed by atoms with Gasteiger partial charge in [0.25, 0.3) is 5.56 Å². The summed E-state index contributed by atoms with van der Waals surface area (Å²) in [6, 6.07) is 2.11. The Morgan fingerprint density at radius 3 is 2.47 bits per heavy atom. The number of carbonyl (C=O) groups is 5. The number of nitrogens with zero attached hydrogens (tertiary/aromatic N) is 1. The number of nitrogens with one attached hydrogen (secondary N) is 1. The van der Waals surface area contributed by atoms with Crippen LogP contribution in [0.25, 0.3) is 0 Å². The molecule has 1 heterocycles. The van der Waals surface area contributed by atoms with Crippen LogP contribution in [-0.2, 0) is 41.7 Å². The molecule has 38 heavy (non-hydrogen) atoms. The Labute approximate surface area is 223 Å². The molecule has 0 bridgehead atoms. The zero-order chi connectivity index (χ0) is 28.7. The molecule has 0 saturated heterocycles. The fourth-order valence-electron chi connectivity index (χ4n) is 3.67. The summed E-state index contributed by atoms with van der Waals surface area (Å²) in [5.74, 6) is -2.79. The average molecular weight is 533 g/mol. The lowest BCUT2D eigenvalue weighted by Gasteiger charge is -2.18. The van der Waals surface area contributed by atoms with Crippen LogP contribution >= 0.6 is 0 Å². The van der Waals surface area contributed by atoms with E-state index >= 15 is 0 Å². The van der Waals surface area contributed by atoms with E-state index in [-0.39, 0.29) is 62.0 Å². The topological polar surface area (TPSA) is 149 Å². The molecule has 1 amide bonds. The van der Waals surface area contributed by atoms with E-state index in [0.717, 1.165) is 12.8 Å². The first kappa shape index (κ1) is 32.5. The number of amides is 1. The summed E-state index contributed by atoms with van der Waals surface area (Å²) >= 11 is 0. The van der Waals surface area contributed by atoms with Crippen molar-refractivity contribution in [3.05, 3.63) is 46.4 Å². The summed E-state index contributed by atoms with van der Waals surface area (Å²) in [6.45, 7) is 8.11. The number of ketones is 2. The van der Waals surface area contributed by atoms with Gasteiger partial charge in [-0.05, 0) is 44.1 Å². The number of hydrogen-bond donors (Lipinski definition) is 2. The molecule has 1 aromatic heterocycles. The molecule has 1 rings (SSSR count). The molecule has 2 N–H and O–H groups in total. The lowest BCUT2D eigenvalue weighted by Crippen LogP contribution is -2.42. The summed E-state index contributed by atoms with van der Waals surface area (Å²) in [5.41, 5.74) is -0.152. The third kappa shape index (κ3) is 13.7. The molecule has 1 atom stereocenters. The van der Waals surface area contributed by atoms with Crippen molar-refractivity contribution >= 4 is 29.4 Å². The molecule has 0 aliphatic carbocycles. The fourth-order valence-corrected chi connectivity index (χ4v) is 3.67. The maximum absolute atomic E-state index is 13.1. The Kier molecular flexibility index (Phi) is 13.9. The standard InChI is InChI=1S/C28H40N2O8/c1-5-38-26(36)13-7-6-12-22(29-24(33)14-15-25(34)35)23(32)18-20-10-9-17-30(27(20)37)19-21(31)11-8-16-28(2,3)4/h7,9-10,13,17,22H,5-6,8,11-12,14-16,18-19H2,1-4H3,(H,29,33)(H,34,35)/b13-7+/t22-/m0/s1. The van der Waals surface area contributed by atoms with E-state index in [1.807, 2.05) is 0 Å². The largest absolute Gasteiger partial charge is 0.481 e. The van der Waals surface area contributed by atoms with Gasteiger partial charge in [-0.15, -0.1) is 0 Å². The van der Waals surface area contributed by atoms with Gasteiger partial charge in [0.05, 0.1) is 25.6 Å². The first-order valence-electron chi connectivity index (χ1n) is 12.9. The first-order valence-corrected chi connectivity index (χ1v) is 12.9. The Bertz CT molecular complexity index is 1070. The van der Waals surface area contributed by atoms with Crippen LogP contribution in [0.5, 0.6) is 0 Å². The third-order valence-corrected chi connectivity index (χ3v) is 5.65. The number of carboxylic acid groups (broad SMARTS) is 1. The van der Waals surface area contributed by atoms with Crippen LogP contribution in [0, 0.1) is 5.41 Å². The van der Waals surface area contributed by atoms with Crippen LogP contribution in [0.3, 0.4) is 0 Å². The van der Waals surface area contributed by atoms with Crippen LogP contribution in [0.4, 0.5) is 0 Å². The number of esters is 1. The van der Waals surface area contributed by atoms with E-state index in [2.05, 4.69) is 26.1 Å². The van der Waals surface area contributed by atoms with Crippen LogP contribution in [0.2, 0.25) is 0 Å². The van der Waals surface area contributed by atoms with Crippen molar-refractivity contribution in [1.82, 2.24) is 9.88 Å². The molecule has 10 heteroatoms. The molecule has 0 radical (unpaired) electrons. The van der Waals surface area contributed by atoms with Gasteiger partial charge in [-0.25, -0.2) is 4.79 Å². The minimum atomic E-state index is -1.14. The number of allylic oxidation sites excluding steroid dienone is 1. The maximum atomic E-state index is 13.1. The van der Waals surface area contributed by atoms with E-state index in [1.54, 1.807) is 13.0 Å². The highest BCUT2D eigenvalue weighted by molar-refractivity contribution is 5.91. The number of rotatable bonds is 17. The highest BCUT2D eigenvalue weighted by Crippen LogP contribution is 2.21. The maximum Gasteiger partial charge on any atom is 0.330 e. The lowest BCUT2D eigenvalue weighted by atomic mass is 9.89. The van der Waals surface area contributed by atoms with E-state index in [9.17, 15) is 28.8 Å². The number of carboxylic acids is 1.